The van der Waals surface area contributed by atoms with E-state index in [1.54, 1.807) is 0 Å². The van der Waals surface area contributed by atoms with E-state index in [-0.39, 0.29) is 17.9 Å². The van der Waals surface area contributed by atoms with Gasteiger partial charge in [-0.05, 0) is 32.4 Å². The third kappa shape index (κ3) is 2.15. The van der Waals surface area contributed by atoms with Crippen LogP contribution in [0.3, 0.4) is 0 Å². The van der Waals surface area contributed by atoms with Gasteiger partial charge in [-0.1, -0.05) is 0 Å². The first-order valence-corrected chi connectivity index (χ1v) is 6.79. The number of hydrogen-bond donors (Lipinski definition) is 1. The molecule has 4 nitrogen and oxygen atoms in total. The Kier molecular flexibility index (Phi) is 2.88. The second-order valence-corrected chi connectivity index (χ2v) is 5.35. The predicted molar refractivity (Wildman–Crippen MR) is 69.9 cm³/mol. The Morgan fingerprint density at radius 3 is 2.95 bits per heavy atom. The lowest BCUT2D eigenvalue weighted by Crippen LogP contribution is -2.05. The molecule has 102 valence electrons. The zero-order valence-electron chi connectivity index (χ0n) is 11.2. The van der Waals surface area contributed by atoms with Crippen LogP contribution in [0.25, 0.3) is 0 Å². The molecular formula is C15H18O4. The van der Waals surface area contributed by atoms with Crippen LogP contribution < -0.4 is 9.47 Å². The average molecular weight is 262 g/mol. The second kappa shape index (κ2) is 4.44. The molecule has 2 aliphatic rings. The summed E-state index contributed by atoms with van der Waals surface area (Å²) in [5.41, 5.74) is 2.15. The van der Waals surface area contributed by atoms with E-state index in [2.05, 4.69) is 0 Å². The zero-order valence-corrected chi connectivity index (χ0v) is 11.2. The molecule has 1 aliphatic carbocycles. The maximum Gasteiger partial charge on any atom is 0.307 e. The average Bonchev–Trinajstić information content (AvgIpc) is 3.05. The lowest BCUT2D eigenvalue weighted by molar-refractivity contribution is -0.138. The molecule has 1 fully saturated rings. The predicted octanol–water partition coefficient (Wildman–Crippen LogP) is 2.60. The molecule has 0 bridgehead atoms. The number of aliphatic carboxylic acids is 1. The number of rotatable bonds is 4. The van der Waals surface area contributed by atoms with Gasteiger partial charge in [0.1, 0.15) is 17.6 Å². The Bertz CT molecular complexity index is 523. The molecule has 3 rings (SSSR count). The van der Waals surface area contributed by atoms with Crippen molar-refractivity contribution in [3.8, 4) is 11.5 Å². The molecule has 1 aromatic rings. The molecule has 0 aromatic heterocycles. The zero-order chi connectivity index (χ0) is 13.6. The lowest BCUT2D eigenvalue weighted by atomic mass is 10.0. The largest absolute Gasteiger partial charge is 0.494 e. The van der Waals surface area contributed by atoms with Crippen LogP contribution in [0.1, 0.15) is 37.3 Å². The van der Waals surface area contributed by atoms with Crippen LogP contribution in [0.15, 0.2) is 12.1 Å². The van der Waals surface area contributed by atoms with Gasteiger partial charge >= 0.3 is 5.97 Å². The number of hydrogen-bond acceptors (Lipinski definition) is 3. The minimum Gasteiger partial charge on any atom is -0.494 e. The van der Waals surface area contributed by atoms with Gasteiger partial charge in [0, 0.05) is 23.5 Å². The van der Waals surface area contributed by atoms with E-state index < -0.39 is 5.97 Å². The maximum atomic E-state index is 11.0. The molecule has 1 aromatic carbocycles. The Morgan fingerprint density at radius 2 is 2.32 bits per heavy atom. The molecule has 0 amide bonds. The van der Waals surface area contributed by atoms with Gasteiger partial charge in [-0.3, -0.25) is 4.79 Å². The van der Waals surface area contributed by atoms with Gasteiger partial charge in [-0.2, -0.15) is 0 Å². The molecular weight excluding hydrogens is 244 g/mol. The first-order valence-electron chi connectivity index (χ1n) is 6.79. The molecule has 4 heteroatoms. The van der Waals surface area contributed by atoms with Crippen molar-refractivity contribution >= 4 is 5.97 Å². The summed E-state index contributed by atoms with van der Waals surface area (Å²) in [6.07, 6.45) is 1.78. The Balaban J connectivity index is 1.94. The SMILES string of the molecule is CCOc1cc2c(cc1[C@@H]1C[C@H]1C(=O)O)O[C@H](C)C2. The van der Waals surface area contributed by atoms with E-state index in [0.29, 0.717) is 13.0 Å². The van der Waals surface area contributed by atoms with Crippen LogP contribution in [0.2, 0.25) is 0 Å². The highest BCUT2D eigenvalue weighted by Gasteiger charge is 2.46. The molecule has 0 radical (unpaired) electrons. The minimum absolute atomic E-state index is 0.0730. The van der Waals surface area contributed by atoms with Crippen LogP contribution in [0, 0.1) is 5.92 Å². The van der Waals surface area contributed by atoms with Gasteiger partial charge in [0.2, 0.25) is 0 Å². The van der Waals surface area contributed by atoms with E-state index in [0.717, 1.165) is 29.0 Å². The van der Waals surface area contributed by atoms with Crippen molar-refractivity contribution in [2.45, 2.75) is 38.7 Å². The van der Waals surface area contributed by atoms with Crippen LogP contribution in [0.4, 0.5) is 0 Å². The number of carboxylic acid groups (broad SMARTS) is 1. The molecule has 3 atom stereocenters. The van der Waals surface area contributed by atoms with E-state index in [4.69, 9.17) is 14.6 Å². The molecule has 1 heterocycles. The van der Waals surface area contributed by atoms with Gasteiger partial charge in [-0.15, -0.1) is 0 Å². The molecule has 1 saturated carbocycles. The van der Waals surface area contributed by atoms with Gasteiger partial charge in [0.25, 0.3) is 0 Å². The molecule has 0 spiro atoms. The van der Waals surface area contributed by atoms with Crippen molar-refractivity contribution in [2.75, 3.05) is 6.61 Å². The Labute approximate surface area is 112 Å². The fraction of sp³-hybridized carbons (Fsp3) is 0.533. The quantitative estimate of drug-likeness (QED) is 0.906. The summed E-state index contributed by atoms with van der Waals surface area (Å²) in [7, 11) is 0. The van der Waals surface area contributed by atoms with E-state index in [9.17, 15) is 4.79 Å². The van der Waals surface area contributed by atoms with Crippen molar-refractivity contribution in [1.29, 1.82) is 0 Å². The van der Waals surface area contributed by atoms with E-state index in [1.807, 2.05) is 26.0 Å². The second-order valence-electron chi connectivity index (χ2n) is 5.35. The van der Waals surface area contributed by atoms with Crippen molar-refractivity contribution in [2.24, 2.45) is 5.92 Å². The van der Waals surface area contributed by atoms with Gasteiger partial charge < -0.3 is 14.6 Å². The fourth-order valence-corrected chi connectivity index (χ4v) is 2.84. The fourth-order valence-electron chi connectivity index (χ4n) is 2.84. The Morgan fingerprint density at radius 1 is 1.53 bits per heavy atom. The third-order valence-corrected chi connectivity index (χ3v) is 3.84. The number of carboxylic acids is 1. The lowest BCUT2D eigenvalue weighted by Gasteiger charge is -2.12. The van der Waals surface area contributed by atoms with Gasteiger partial charge in [0.05, 0.1) is 12.5 Å². The highest BCUT2D eigenvalue weighted by molar-refractivity contribution is 5.76. The normalized spacial score (nSPS) is 27.6. The smallest absolute Gasteiger partial charge is 0.307 e. The van der Waals surface area contributed by atoms with Gasteiger partial charge in [0.15, 0.2) is 0 Å². The summed E-state index contributed by atoms with van der Waals surface area (Å²) in [6, 6.07) is 4.01. The minimum atomic E-state index is -0.720. The summed E-state index contributed by atoms with van der Waals surface area (Å²) in [5, 5.41) is 9.07. The molecule has 19 heavy (non-hydrogen) atoms. The van der Waals surface area contributed by atoms with Crippen molar-refractivity contribution in [3.63, 3.8) is 0 Å². The highest BCUT2D eigenvalue weighted by atomic mass is 16.5. The van der Waals surface area contributed by atoms with Crippen LogP contribution in [-0.2, 0) is 11.2 Å². The summed E-state index contributed by atoms with van der Waals surface area (Å²) >= 11 is 0. The first-order chi connectivity index (χ1) is 9.10. The number of benzene rings is 1. The number of ether oxygens (including phenoxy) is 2. The highest BCUT2D eigenvalue weighted by Crippen LogP contribution is 2.52. The number of fused-ring (bicyclic) bond motifs is 1. The van der Waals surface area contributed by atoms with Crippen molar-refractivity contribution in [3.05, 3.63) is 23.3 Å². The monoisotopic (exact) mass is 262 g/mol. The summed E-state index contributed by atoms with van der Waals surface area (Å²) in [5.74, 6) is 0.803. The molecule has 0 saturated heterocycles. The van der Waals surface area contributed by atoms with E-state index in [1.165, 1.54) is 0 Å². The van der Waals surface area contributed by atoms with Crippen molar-refractivity contribution in [1.82, 2.24) is 0 Å². The van der Waals surface area contributed by atoms with Crippen molar-refractivity contribution < 1.29 is 19.4 Å². The van der Waals surface area contributed by atoms with Crippen LogP contribution in [0.5, 0.6) is 11.5 Å². The Hall–Kier alpha value is -1.71. The summed E-state index contributed by atoms with van der Waals surface area (Å²) in [4.78, 5) is 11.0. The topological polar surface area (TPSA) is 55.8 Å². The molecule has 0 unspecified atom stereocenters. The summed E-state index contributed by atoms with van der Waals surface area (Å²) < 4.78 is 11.4. The third-order valence-electron chi connectivity index (χ3n) is 3.84. The molecule has 1 aliphatic heterocycles. The van der Waals surface area contributed by atoms with Crippen LogP contribution >= 0.6 is 0 Å². The maximum absolute atomic E-state index is 11.0. The number of carbonyl (C=O) groups is 1. The van der Waals surface area contributed by atoms with Crippen LogP contribution in [-0.4, -0.2) is 23.8 Å². The van der Waals surface area contributed by atoms with Gasteiger partial charge in [-0.25, -0.2) is 0 Å². The van der Waals surface area contributed by atoms with E-state index >= 15 is 0 Å². The summed E-state index contributed by atoms with van der Waals surface area (Å²) in [6.45, 7) is 4.57. The standard InChI is InChI=1S/C15H18O4/c1-3-18-14-5-9-4-8(2)19-13(9)7-11(14)10-6-12(10)15(16)17/h5,7-8,10,12H,3-4,6H2,1-2H3,(H,16,17)/t8-,10+,12-/m1/s1. The first kappa shape index (κ1) is 12.3. The molecule has 1 N–H and O–H groups in total.